The quantitative estimate of drug-likeness (QED) is 0.689. The molecular formula is C16H27N. The van der Waals surface area contributed by atoms with Crippen molar-refractivity contribution in [1.29, 1.82) is 0 Å². The molecule has 0 aliphatic carbocycles. The fraction of sp³-hybridized carbons (Fsp3) is 0.625. The van der Waals surface area contributed by atoms with Crippen molar-refractivity contribution in [2.75, 3.05) is 18.5 Å². The third kappa shape index (κ3) is 2.83. The summed E-state index contributed by atoms with van der Waals surface area (Å²) in [6.45, 7) is 12.0. The standard InChI is InChI=1S/C14H21N.C2H6/c1-10(2)12-8-7-11(3)14-13(12)6-5-9-15(14)4;1-2/h7-8,10H,5-6,9H2,1-4H3;1-2H3. The zero-order valence-electron chi connectivity index (χ0n) is 12.3. The van der Waals surface area contributed by atoms with E-state index in [2.05, 4.69) is 44.9 Å². The highest BCUT2D eigenvalue weighted by atomic mass is 15.1. The molecule has 17 heavy (non-hydrogen) atoms. The van der Waals surface area contributed by atoms with Crippen molar-refractivity contribution in [3.05, 3.63) is 28.8 Å². The van der Waals surface area contributed by atoms with Gasteiger partial charge in [0.15, 0.2) is 0 Å². The van der Waals surface area contributed by atoms with Gasteiger partial charge in [-0.2, -0.15) is 0 Å². The van der Waals surface area contributed by atoms with E-state index in [0.29, 0.717) is 5.92 Å². The van der Waals surface area contributed by atoms with Crippen LogP contribution in [0.4, 0.5) is 5.69 Å². The minimum atomic E-state index is 0.644. The molecular weight excluding hydrogens is 206 g/mol. The SMILES string of the molecule is CC.Cc1ccc(C(C)C)c2c1N(C)CCC2. The van der Waals surface area contributed by atoms with Crippen molar-refractivity contribution in [2.45, 2.75) is 53.4 Å². The first-order chi connectivity index (χ1) is 8.11. The summed E-state index contributed by atoms with van der Waals surface area (Å²) >= 11 is 0. The maximum Gasteiger partial charge on any atom is 0.0428 e. The maximum atomic E-state index is 2.42. The minimum Gasteiger partial charge on any atom is -0.374 e. The lowest BCUT2D eigenvalue weighted by atomic mass is 9.88. The van der Waals surface area contributed by atoms with Crippen LogP contribution in [0.15, 0.2) is 12.1 Å². The summed E-state index contributed by atoms with van der Waals surface area (Å²) < 4.78 is 0. The highest BCUT2D eigenvalue weighted by molar-refractivity contribution is 5.63. The van der Waals surface area contributed by atoms with Crippen LogP contribution < -0.4 is 4.90 Å². The van der Waals surface area contributed by atoms with Crippen LogP contribution in [0.25, 0.3) is 0 Å². The molecule has 0 spiro atoms. The van der Waals surface area contributed by atoms with E-state index in [1.807, 2.05) is 13.8 Å². The lowest BCUT2D eigenvalue weighted by Crippen LogP contribution is -2.26. The van der Waals surface area contributed by atoms with Crippen LogP contribution in [0.2, 0.25) is 0 Å². The molecule has 1 aliphatic rings. The van der Waals surface area contributed by atoms with Crippen LogP contribution in [-0.4, -0.2) is 13.6 Å². The molecule has 0 fully saturated rings. The molecule has 96 valence electrons. The van der Waals surface area contributed by atoms with Crippen molar-refractivity contribution >= 4 is 5.69 Å². The second kappa shape index (κ2) is 6.09. The van der Waals surface area contributed by atoms with Crippen molar-refractivity contribution in [3.8, 4) is 0 Å². The molecule has 1 aliphatic heterocycles. The van der Waals surface area contributed by atoms with Gasteiger partial charge in [-0.25, -0.2) is 0 Å². The minimum absolute atomic E-state index is 0.644. The number of nitrogens with zero attached hydrogens (tertiary/aromatic N) is 1. The highest BCUT2D eigenvalue weighted by Crippen LogP contribution is 2.35. The molecule has 1 nitrogen and oxygen atoms in total. The number of hydrogen-bond acceptors (Lipinski definition) is 1. The third-order valence-corrected chi connectivity index (χ3v) is 3.44. The Labute approximate surface area is 107 Å². The van der Waals surface area contributed by atoms with Gasteiger partial charge in [-0.3, -0.25) is 0 Å². The number of anilines is 1. The zero-order chi connectivity index (χ0) is 13.0. The van der Waals surface area contributed by atoms with E-state index in [4.69, 9.17) is 0 Å². The Bertz CT molecular complexity index is 366. The summed E-state index contributed by atoms with van der Waals surface area (Å²) in [7, 11) is 2.22. The summed E-state index contributed by atoms with van der Waals surface area (Å²) in [6, 6.07) is 4.59. The molecule has 0 saturated heterocycles. The van der Waals surface area contributed by atoms with Crippen LogP contribution in [-0.2, 0) is 6.42 Å². The van der Waals surface area contributed by atoms with Gasteiger partial charge in [0.1, 0.15) is 0 Å². The average Bonchev–Trinajstić information content (AvgIpc) is 2.31. The third-order valence-electron chi connectivity index (χ3n) is 3.44. The summed E-state index contributed by atoms with van der Waals surface area (Å²) in [6.07, 6.45) is 2.56. The molecule has 0 radical (unpaired) electrons. The zero-order valence-corrected chi connectivity index (χ0v) is 12.3. The Balaban J connectivity index is 0.000000686. The van der Waals surface area contributed by atoms with Crippen LogP contribution in [0, 0.1) is 6.92 Å². The number of benzene rings is 1. The Morgan fingerprint density at radius 1 is 1.18 bits per heavy atom. The summed E-state index contributed by atoms with van der Waals surface area (Å²) in [4.78, 5) is 2.42. The van der Waals surface area contributed by atoms with Crippen LogP contribution >= 0.6 is 0 Å². The second-order valence-electron chi connectivity index (χ2n) is 4.98. The molecule has 0 unspecified atom stereocenters. The van der Waals surface area contributed by atoms with Gasteiger partial charge in [0.2, 0.25) is 0 Å². The topological polar surface area (TPSA) is 3.24 Å². The van der Waals surface area contributed by atoms with Crippen LogP contribution in [0.1, 0.15) is 56.7 Å². The Kier molecular flexibility index (Phi) is 5.04. The van der Waals surface area contributed by atoms with E-state index in [9.17, 15) is 0 Å². The Morgan fingerprint density at radius 2 is 1.82 bits per heavy atom. The molecule has 1 heterocycles. The van der Waals surface area contributed by atoms with Gasteiger partial charge in [-0.1, -0.05) is 39.8 Å². The van der Waals surface area contributed by atoms with Crippen molar-refractivity contribution in [1.82, 2.24) is 0 Å². The maximum absolute atomic E-state index is 2.42. The molecule has 0 saturated carbocycles. The summed E-state index contributed by atoms with van der Waals surface area (Å²) in [5, 5.41) is 0. The summed E-state index contributed by atoms with van der Waals surface area (Å²) in [5.41, 5.74) is 6.06. The number of aryl methyl sites for hydroxylation is 1. The van der Waals surface area contributed by atoms with Gasteiger partial charge in [0, 0.05) is 19.3 Å². The van der Waals surface area contributed by atoms with Gasteiger partial charge in [0.25, 0.3) is 0 Å². The molecule has 1 aromatic rings. The average molecular weight is 233 g/mol. The Hall–Kier alpha value is -0.980. The predicted molar refractivity (Wildman–Crippen MR) is 78.2 cm³/mol. The molecule has 0 aromatic heterocycles. The van der Waals surface area contributed by atoms with E-state index >= 15 is 0 Å². The van der Waals surface area contributed by atoms with E-state index in [1.54, 1.807) is 11.1 Å². The fourth-order valence-electron chi connectivity index (χ4n) is 2.71. The first-order valence-corrected chi connectivity index (χ1v) is 6.94. The van der Waals surface area contributed by atoms with Gasteiger partial charge in [-0.15, -0.1) is 0 Å². The van der Waals surface area contributed by atoms with Crippen molar-refractivity contribution in [2.24, 2.45) is 0 Å². The van der Waals surface area contributed by atoms with E-state index in [0.717, 1.165) is 0 Å². The predicted octanol–water partition coefficient (Wildman–Crippen LogP) is 4.53. The van der Waals surface area contributed by atoms with E-state index < -0.39 is 0 Å². The molecule has 0 amide bonds. The Morgan fingerprint density at radius 3 is 2.41 bits per heavy atom. The number of rotatable bonds is 1. The van der Waals surface area contributed by atoms with Crippen LogP contribution in [0.3, 0.4) is 0 Å². The molecule has 0 atom stereocenters. The normalized spacial score (nSPS) is 14.2. The first kappa shape index (κ1) is 14.1. The monoisotopic (exact) mass is 233 g/mol. The molecule has 2 rings (SSSR count). The number of hydrogen-bond donors (Lipinski definition) is 0. The first-order valence-electron chi connectivity index (χ1n) is 6.94. The van der Waals surface area contributed by atoms with Crippen molar-refractivity contribution < 1.29 is 0 Å². The fourth-order valence-corrected chi connectivity index (χ4v) is 2.71. The van der Waals surface area contributed by atoms with Gasteiger partial charge < -0.3 is 4.90 Å². The van der Waals surface area contributed by atoms with Gasteiger partial charge in [-0.05, 0) is 42.4 Å². The lowest BCUT2D eigenvalue weighted by molar-refractivity contribution is 0.720. The smallest absolute Gasteiger partial charge is 0.0428 e. The number of fused-ring (bicyclic) bond motifs is 1. The lowest BCUT2D eigenvalue weighted by Gasteiger charge is -2.31. The van der Waals surface area contributed by atoms with Gasteiger partial charge >= 0.3 is 0 Å². The van der Waals surface area contributed by atoms with E-state index in [1.165, 1.54) is 30.6 Å². The summed E-state index contributed by atoms with van der Waals surface area (Å²) in [5.74, 6) is 0.644. The largest absolute Gasteiger partial charge is 0.374 e. The van der Waals surface area contributed by atoms with Crippen LogP contribution in [0.5, 0.6) is 0 Å². The molecule has 0 bridgehead atoms. The second-order valence-corrected chi connectivity index (χ2v) is 4.98. The molecule has 1 aromatic carbocycles. The van der Waals surface area contributed by atoms with E-state index in [-0.39, 0.29) is 0 Å². The van der Waals surface area contributed by atoms with Crippen molar-refractivity contribution in [3.63, 3.8) is 0 Å². The van der Waals surface area contributed by atoms with Gasteiger partial charge in [0.05, 0.1) is 0 Å². The highest BCUT2D eigenvalue weighted by Gasteiger charge is 2.19. The molecule has 0 N–H and O–H groups in total. The molecule has 1 heteroatoms.